The summed E-state index contributed by atoms with van der Waals surface area (Å²) >= 11 is 0. The Bertz CT molecular complexity index is 340. The van der Waals surface area contributed by atoms with E-state index >= 15 is 0 Å². The summed E-state index contributed by atoms with van der Waals surface area (Å²) in [6, 6.07) is -1.06. The number of alkyl halides is 2. The minimum atomic E-state index is -4.74. The largest absolute Gasteiger partial charge is 0.347 e. The van der Waals surface area contributed by atoms with E-state index in [-0.39, 0.29) is 6.42 Å². The Kier molecular flexibility index (Phi) is 2.75. The van der Waals surface area contributed by atoms with Gasteiger partial charge in [0, 0.05) is 12.5 Å². The van der Waals surface area contributed by atoms with Crippen LogP contribution < -0.4 is 5.32 Å². The third-order valence-electron chi connectivity index (χ3n) is 1.87. The summed E-state index contributed by atoms with van der Waals surface area (Å²) in [6.45, 7) is 0. The van der Waals surface area contributed by atoms with Gasteiger partial charge in [0.1, 0.15) is 5.75 Å². The zero-order chi connectivity index (χ0) is 11.0. The van der Waals surface area contributed by atoms with Crippen molar-refractivity contribution in [2.45, 2.75) is 24.8 Å². The van der Waals surface area contributed by atoms with Gasteiger partial charge in [0.25, 0.3) is 5.91 Å². The van der Waals surface area contributed by atoms with E-state index in [4.69, 9.17) is 0 Å². The molecular formula is C6H8F3NO3S. The Balaban J connectivity index is 2.61. The molecule has 14 heavy (non-hydrogen) atoms. The zero-order valence-electron chi connectivity index (χ0n) is 6.97. The number of amides is 1. The Labute approximate surface area is 78.7 Å². The molecule has 0 bridgehead atoms. The molecule has 4 nitrogen and oxygen atoms in total. The van der Waals surface area contributed by atoms with Crippen LogP contribution in [0.25, 0.3) is 0 Å². The van der Waals surface area contributed by atoms with Gasteiger partial charge >= 0.3 is 16.1 Å². The highest BCUT2D eigenvalue weighted by molar-refractivity contribution is 7.86. The summed E-state index contributed by atoms with van der Waals surface area (Å²) < 4.78 is 57.5. The summed E-state index contributed by atoms with van der Waals surface area (Å²) in [5, 5.41) is 1.76. The van der Waals surface area contributed by atoms with Gasteiger partial charge in [0.15, 0.2) is 0 Å². The van der Waals surface area contributed by atoms with E-state index in [1.54, 1.807) is 5.32 Å². The summed E-state index contributed by atoms with van der Waals surface area (Å²) in [5.41, 5.74) is 0. The topological polar surface area (TPSA) is 63.2 Å². The summed E-state index contributed by atoms with van der Waals surface area (Å²) in [7, 11) is -4.74. The van der Waals surface area contributed by atoms with Gasteiger partial charge in [-0.15, -0.1) is 3.89 Å². The molecule has 1 N–H and O–H groups in total. The lowest BCUT2D eigenvalue weighted by atomic mass is 10.0. The molecule has 0 saturated carbocycles. The predicted molar refractivity (Wildman–Crippen MR) is 41.0 cm³/mol. The molecule has 0 spiro atoms. The highest BCUT2D eigenvalue weighted by atomic mass is 32.3. The van der Waals surface area contributed by atoms with Crippen molar-refractivity contribution >= 4 is 16.1 Å². The first-order valence-corrected chi connectivity index (χ1v) is 5.37. The SMILES string of the molecule is O=C1NC(CS(=O)(=O)F)CCC1(F)F. The normalized spacial score (nSPS) is 27.1. The smallest absolute Gasteiger partial charge is 0.324 e. The van der Waals surface area contributed by atoms with Crippen LogP contribution in [0.15, 0.2) is 0 Å². The van der Waals surface area contributed by atoms with Crippen molar-refractivity contribution in [1.82, 2.24) is 5.32 Å². The maximum atomic E-state index is 12.5. The van der Waals surface area contributed by atoms with Crippen molar-refractivity contribution in [2.24, 2.45) is 0 Å². The first-order valence-electron chi connectivity index (χ1n) is 3.82. The van der Waals surface area contributed by atoms with E-state index < -0.39 is 40.3 Å². The molecular weight excluding hydrogens is 223 g/mol. The number of nitrogens with one attached hydrogen (secondary N) is 1. The van der Waals surface area contributed by atoms with E-state index in [1.165, 1.54) is 0 Å². The fourth-order valence-electron chi connectivity index (χ4n) is 1.20. The van der Waals surface area contributed by atoms with Gasteiger partial charge in [-0.25, -0.2) is 0 Å². The Hall–Kier alpha value is -0.790. The lowest BCUT2D eigenvalue weighted by molar-refractivity contribution is -0.151. The number of carbonyl (C=O) groups is 1. The van der Waals surface area contributed by atoms with E-state index in [0.717, 1.165) is 0 Å². The maximum Gasteiger partial charge on any atom is 0.324 e. The third kappa shape index (κ3) is 2.86. The summed E-state index contributed by atoms with van der Waals surface area (Å²) in [4.78, 5) is 10.6. The van der Waals surface area contributed by atoms with Crippen LogP contribution in [0.5, 0.6) is 0 Å². The van der Waals surface area contributed by atoms with Crippen molar-refractivity contribution in [3.05, 3.63) is 0 Å². The molecule has 0 aromatic carbocycles. The molecule has 1 unspecified atom stereocenters. The number of halogens is 3. The zero-order valence-corrected chi connectivity index (χ0v) is 7.78. The molecule has 1 aliphatic heterocycles. The monoisotopic (exact) mass is 231 g/mol. The molecule has 8 heteroatoms. The molecule has 1 fully saturated rings. The van der Waals surface area contributed by atoms with Gasteiger partial charge in [-0.2, -0.15) is 17.2 Å². The van der Waals surface area contributed by atoms with Crippen LogP contribution in [-0.4, -0.2) is 32.0 Å². The second kappa shape index (κ2) is 3.41. The molecule has 1 aliphatic rings. The van der Waals surface area contributed by atoms with E-state index in [2.05, 4.69) is 0 Å². The quantitative estimate of drug-likeness (QED) is 0.690. The van der Waals surface area contributed by atoms with Crippen LogP contribution in [0.1, 0.15) is 12.8 Å². The highest BCUT2D eigenvalue weighted by Crippen LogP contribution is 2.26. The first kappa shape index (κ1) is 11.3. The van der Waals surface area contributed by atoms with Crippen LogP contribution in [0.3, 0.4) is 0 Å². The molecule has 1 amide bonds. The van der Waals surface area contributed by atoms with Gasteiger partial charge in [-0.1, -0.05) is 0 Å². The number of piperidine rings is 1. The summed E-state index contributed by atoms with van der Waals surface area (Å²) in [6.07, 6.45) is -0.999. The Morgan fingerprint density at radius 1 is 1.50 bits per heavy atom. The number of carbonyl (C=O) groups excluding carboxylic acids is 1. The molecule has 82 valence electrons. The van der Waals surface area contributed by atoms with Crippen LogP contribution in [0.2, 0.25) is 0 Å². The second-order valence-electron chi connectivity index (χ2n) is 3.12. The fourth-order valence-corrected chi connectivity index (χ4v) is 1.93. The Morgan fingerprint density at radius 3 is 2.50 bits per heavy atom. The van der Waals surface area contributed by atoms with Gasteiger partial charge in [-0.05, 0) is 6.42 Å². The number of hydrogen-bond acceptors (Lipinski definition) is 3. The van der Waals surface area contributed by atoms with Crippen molar-refractivity contribution in [3.63, 3.8) is 0 Å². The predicted octanol–water partition coefficient (Wildman–Crippen LogP) is 0.200. The third-order valence-corrected chi connectivity index (χ3v) is 2.67. The molecule has 0 aliphatic carbocycles. The van der Waals surface area contributed by atoms with Crippen LogP contribution in [0, 0.1) is 0 Å². The minimum absolute atomic E-state index is 0.248. The average Bonchev–Trinajstić information content (AvgIpc) is 1.95. The second-order valence-corrected chi connectivity index (χ2v) is 4.53. The van der Waals surface area contributed by atoms with Crippen molar-refractivity contribution in [3.8, 4) is 0 Å². The molecule has 1 rings (SSSR count). The number of hydrogen-bond donors (Lipinski definition) is 1. The fraction of sp³-hybridized carbons (Fsp3) is 0.833. The number of rotatable bonds is 2. The van der Waals surface area contributed by atoms with Crippen LogP contribution in [-0.2, 0) is 15.0 Å². The van der Waals surface area contributed by atoms with E-state index in [9.17, 15) is 25.9 Å². The molecule has 1 atom stereocenters. The molecule has 1 saturated heterocycles. The van der Waals surface area contributed by atoms with Crippen LogP contribution >= 0.6 is 0 Å². The van der Waals surface area contributed by atoms with Crippen molar-refractivity contribution < 1.29 is 25.9 Å². The van der Waals surface area contributed by atoms with E-state index in [1.807, 2.05) is 0 Å². The maximum absolute atomic E-state index is 12.5. The Morgan fingerprint density at radius 2 is 2.07 bits per heavy atom. The lowest BCUT2D eigenvalue weighted by Crippen LogP contribution is -2.52. The minimum Gasteiger partial charge on any atom is -0.347 e. The van der Waals surface area contributed by atoms with Crippen molar-refractivity contribution in [1.29, 1.82) is 0 Å². The molecule has 0 aromatic heterocycles. The van der Waals surface area contributed by atoms with E-state index in [0.29, 0.717) is 0 Å². The van der Waals surface area contributed by atoms with Crippen molar-refractivity contribution in [2.75, 3.05) is 5.75 Å². The molecule has 0 radical (unpaired) electrons. The molecule has 0 aromatic rings. The molecule has 1 heterocycles. The van der Waals surface area contributed by atoms with Crippen LogP contribution in [0.4, 0.5) is 12.7 Å². The highest BCUT2D eigenvalue weighted by Gasteiger charge is 2.44. The van der Waals surface area contributed by atoms with Gasteiger partial charge < -0.3 is 5.32 Å². The van der Waals surface area contributed by atoms with Gasteiger partial charge in [0.05, 0.1) is 0 Å². The lowest BCUT2D eigenvalue weighted by Gasteiger charge is -2.27. The standard InChI is InChI=1S/C6H8F3NO3S/c7-6(8)2-1-4(10-5(6)11)3-14(9,12)13/h4H,1-3H2,(H,10,11). The van der Waals surface area contributed by atoms with Gasteiger partial charge in [-0.3, -0.25) is 4.79 Å². The first-order chi connectivity index (χ1) is 6.21. The van der Waals surface area contributed by atoms with Gasteiger partial charge in [0.2, 0.25) is 0 Å². The average molecular weight is 231 g/mol. The summed E-state index contributed by atoms with van der Waals surface area (Å²) in [5.74, 6) is -5.97.